The number of carbonyl (C=O) groups excluding carboxylic acids is 2. The molecule has 1 aliphatic heterocycles. The molecule has 3 heterocycles. The molecule has 0 saturated carbocycles. The van der Waals surface area contributed by atoms with Crippen LogP contribution in [0.4, 0.5) is 9.52 Å². The number of aryl methyl sites for hydroxylation is 2. The van der Waals surface area contributed by atoms with Crippen LogP contribution in [0.5, 0.6) is 11.5 Å². The number of carbonyl (C=O) groups is 2. The Morgan fingerprint density at radius 3 is 2.58 bits per heavy atom. The molecular weight excluding hydrogens is 576 g/mol. The molecule has 0 bridgehead atoms. The van der Waals surface area contributed by atoms with E-state index in [1.807, 2.05) is 0 Å². The Bertz CT molecular complexity index is 1650. The second kappa shape index (κ2) is 11.4. The number of aliphatic hydroxyl groups excluding tert-OH is 1. The lowest BCUT2D eigenvalue weighted by molar-refractivity contribution is -0.117. The van der Waals surface area contributed by atoms with Crippen molar-refractivity contribution in [3.05, 3.63) is 86.3 Å². The van der Waals surface area contributed by atoms with Crippen molar-refractivity contribution in [3.63, 3.8) is 0 Å². The van der Waals surface area contributed by atoms with E-state index in [1.54, 1.807) is 50.2 Å². The minimum atomic E-state index is -1.09. The highest BCUT2D eigenvalue weighted by Gasteiger charge is 2.48. The van der Waals surface area contributed by atoms with Crippen LogP contribution in [0.25, 0.3) is 0 Å². The summed E-state index contributed by atoms with van der Waals surface area (Å²) in [6.45, 7) is 3.48. The number of ether oxygens (including phenoxy) is 2. The molecule has 1 aliphatic rings. The Hall–Kier alpha value is -3.81. The molecule has 13 heteroatoms. The van der Waals surface area contributed by atoms with Crippen LogP contribution < -0.4 is 14.4 Å². The van der Waals surface area contributed by atoms with Crippen LogP contribution in [-0.4, -0.2) is 46.2 Å². The molecule has 0 spiro atoms. The summed E-state index contributed by atoms with van der Waals surface area (Å²) in [7, 11) is 2.96. The second-order valence-electron chi connectivity index (χ2n) is 8.66. The summed E-state index contributed by atoms with van der Waals surface area (Å²) in [5, 5.41) is 20.3. The van der Waals surface area contributed by atoms with Gasteiger partial charge in [0.1, 0.15) is 23.4 Å². The fourth-order valence-electron chi connectivity index (χ4n) is 4.36. The average Bonchev–Trinajstić information content (AvgIpc) is 3.63. The summed E-state index contributed by atoms with van der Waals surface area (Å²) in [5.74, 6) is -1.21. The first-order valence-electron chi connectivity index (χ1n) is 11.9. The normalized spacial score (nSPS) is 15.2. The molecule has 1 N–H and O–H groups in total. The standard InChI is InChI=1S/C27H23FN4O5S3/c1-13-24(39-14(2)29-13)22(33)20-21(17-11-16(36-3)9-10-19(17)37-4)32(25(35)23(20)34)26-30-31-27(40-26)38-12-15-7-5-6-8-18(15)28/h5-11,21,34H,12H2,1-4H3. The fraction of sp³-hybridized carbons (Fsp3) is 0.222. The van der Waals surface area contributed by atoms with E-state index in [0.29, 0.717) is 48.3 Å². The molecule has 2 aromatic heterocycles. The molecule has 5 rings (SSSR count). The molecule has 0 fully saturated rings. The topological polar surface area (TPSA) is 115 Å². The number of Topliss-reactive ketones (excluding diaryl/α,β-unsaturated/α-hetero) is 1. The van der Waals surface area contributed by atoms with Gasteiger partial charge in [-0.2, -0.15) is 0 Å². The van der Waals surface area contributed by atoms with Crippen LogP contribution in [0.3, 0.4) is 0 Å². The molecule has 206 valence electrons. The van der Waals surface area contributed by atoms with Gasteiger partial charge in [0.2, 0.25) is 10.9 Å². The van der Waals surface area contributed by atoms with Crippen LogP contribution in [-0.2, 0) is 10.5 Å². The molecule has 1 atom stereocenters. The van der Waals surface area contributed by atoms with Gasteiger partial charge >= 0.3 is 0 Å². The van der Waals surface area contributed by atoms with Crippen LogP contribution in [0.15, 0.2) is 58.1 Å². The lowest BCUT2D eigenvalue weighted by Gasteiger charge is -2.25. The zero-order valence-corrected chi connectivity index (χ0v) is 24.2. The average molecular weight is 599 g/mol. The van der Waals surface area contributed by atoms with Gasteiger partial charge in [0.05, 0.1) is 35.4 Å². The van der Waals surface area contributed by atoms with Gasteiger partial charge in [-0.3, -0.25) is 14.5 Å². The van der Waals surface area contributed by atoms with Gasteiger partial charge in [-0.05, 0) is 43.7 Å². The van der Waals surface area contributed by atoms with E-state index in [0.717, 1.165) is 11.3 Å². The summed E-state index contributed by atoms with van der Waals surface area (Å²) >= 11 is 3.54. The van der Waals surface area contributed by atoms with E-state index in [9.17, 15) is 19.1 Å². The molecule has 2 aromatic carbocycles. The lowest BCUT2D eigenvalue weighted by Crippen LogP contribution is -2.31. The first kappa shape index (κ1) is 27.7. The third-order valence-corrected chi connectivity index (χ3v) is 9.38. The number of amides is 1. The molecule has 40 heavy (non-hydrogen) atoms. The van der Waals surface area contributed by atoms with E-state index in [1.165, 1.54) is 48.3 Å². The molecule has 0 aliphatic carbocycles. The number of nitrogens with zero attached hydrogens (tertiary/aromatic N) is 4. The first-order chi connectivity index (χ1) is 19.2. The Kier molecular flexibility index (Phi) is 7.88. The number of aliphatic hydroxyl groups is 1. The van der Waals surface area contributed by atoms with E-state index in [4.69, 9.17) is 9.47 Å². The van der Waals surface area contributed by atoms with Gasteiger partial charge in [-0.15, -0.1) is 21.5 Å². The van der Waals surface area contributed by atoms with Gasteiger partial charge in [0.25, 0.3) is 5.91 Å². The number of methoxy groups -OCH3 is 2. The SMILES string of the molecule is COc1ccc(OC)c(C2C(C(=O)c3sc(C)nc3C)=C(O)C(=O)N2c2nnc(SCc3ccccc3F)s2)c1. The highest BCUT2D eigenvalue weighted by molar-refractivity contribution is 8.00. The van der Waals surface area contributed by atoms with Crippen LogP contribution >= 0.6 is 34.4 Å². The van der Waals surface area contributed by atoms with Gasteiger partial charge in [-0.1, -0.05) is 41.3 Å². The van der Waals surface area contributed by atoms with Crippen molar-refractivity contribution < 1.29 is 28.6 Å². The molecular formula is C27H23FN4O5S3. The van der Waals surface area contributed by atoms with E-state index in [-0.39, 0.29) is 16.5 Å². The largest absolute Gasteiger partial charge is 0.503 e. The number of anilines is 1. The fourth-order valence-corrected chi connectivity index (χ4v) is 7.09. The molecule has 9 nitrogen and oxygen atoms in total. The molecule has 0 radical (unpaired) electrons. The number of hydrogen-bond donors (Lipinski definition) is 1. The second-order valence-corrected chi connectivity index (χ2v) is 12.0. The smallest absolute Gasteiger partial charge is 0.296 e. The van der Waals surface area contributed by atoms with E-state index in [2.05, 4.69) is 15.2 Å². The minimum Gasteiger partial charge on any atom is -0.503 e. The highest BCUT2D eigenvalue weighted by atomic mass is 32.2. The van der Waals surface area contributed by atoms with Crippen LogP contribution in [0.1, 0.15) is 37.5 Å². The maximum Gasteiger partial charge on any atom is 0.296 e. The van der Waals surface area contributed by atoms with Crippen molar-refractivity contribution in [3.8, 4) is 11.5 Å². The number of halogens is 1. The van der Waals surface area contributed by atoms with Crippen LogP contribution in [0, 0.1) is 19.7 Å². The van der Waals surface area contributed by atoms with Crippen molar-refractivity contribution in [1.29, 1.82) is 0 Å². The number of benzene rings is 2. The predicted molar refractivity (Wildman–Crippen MR) is 151 cm³/mol. The summed E-state index contributed by atoms with van der Waals surface area (Å²) in [6.07, 6.45) is 0. The summed E-state index contributed by atoms with van der Waals surface area (Å²) in [4.78, 5) is 33.3. The Morgan fingerprint density at radius 2 is 1.90 bits per heavy atom. The Balaban J connectivity index is 1.58. The molecule has 1 amide bonds. The zero-order chi connectivity index (χ0) is 28.6. The molecule has 4 aromatic rings. The number of hydrogen-bond acceptors (Lipinski definition) is 11. The van der Waals surface area contributed by atoms with Crippen LogP contribution in [0.2, 0.25) is 0 Å². The first-order valence-corrected chi connectivity index (χ1v) is 14.5. The highest BCUT2D eigenvalue weighted by Crippen LogP contribution is 2.47. The molecule has 0 saturated heterocycles. The van der Waals surface area contributed by atoms with Crippen molar-refractivity contribution in [1.82, 2.24) is 15.2 Å². The van der Waals surface area contributed by atoms with Crippen molar-refractivity contribution >= 4 is 51.3 Å². The third kappa shape index (κ3) is 5.07. The van der Waals surface area contributed by atoms with Crippen molar-refractivity contribution in [2.45, 2.75) is 30.0 Å². The van der Waals surface area contributed by atoms with Crippen molar-refractivity contribution in [2.75, 3.05) is 19.1 Å². The Morgan fingerprint density at radius 1 is 1.12 bits per heavy atom. The third-order valence-electron chi connectivity index (χ3n) is 6.20. The van der Waals surface area contributed by atoms with Gasteiger partial charge in [-0.25, -0.2) is 9.37 Å². The molecule has 1 unspecified atom stereocenters. The van der Waals surface area contributed by atoms with Gasteiger partial charge in [0, 0.05) is 11.3 Å². The van der Waals surface area contributed by atoms with E-state index < -0.39 is 23.5 Å². The maximum absolute atomic E-state index is 14.1. The number of aromatic nitrogens is 3. The van der Waals surface area contributed by atoms with Gasteiger partial charge < -0.3 is 14.6 Å². The summed E-state index contributed by atoms with van der Waals surface area (Å²) in [6, 6.07) is 10.3. The lowest BCUT2D eigenvalue weighted by atomic mass is 9.94. The number of rotatable bonds is 9. The quantitative estimate of drug-likeness (QED) is 0.144. The maximum atomic E-state index is 14.1. The number of thioether (sulfide) groups is 1. The summed E-state index contributed by atoms with van der Waals surface area (Å²) < 4.78 is 25.6. The van der Waals surface area contributed by atoms with Crippen molar-refractivity contribution in [2.24, 2.45) is 0 Å². The zero-order valence-electron chi connectivity index (χ0n) is 21.8. The van der Waals surface area contributed by atoms with E-state index >= 15 is 0 Å². The van der Waals surface area contributed by atoms with Gasteiger partial charge in [0.15, 0.2) is 10.1 Å². The monoisotopic (exact) mass is 598 g/mol. The predicted octanol–water partition coefficient (Wildman–Crippen LogP) is 5.84. The Labute approximate surface area is 241 Å². The summed E-state index contributed by atoms with van der Waals surface area (Å²) in [5.41, 5.74) is 1.29. The number of ketones is 1. The minimum absolute atomic E-state index is 0.126. The number of thiazole rings is 1.